The molecule has 1 aromatic carbocycles. The fraction of sp³-hybridized carbons (Fsp3) is 0.357. The van der Waals surface area contributed by atoms with E-state index < -0.39 is 0 Å². The zero-order chi connectivity index (χ0) is 11.8. The Morgan fingerprint density at radius 1 is 1.47 bits per heavy atom. The minimum atomic E-state index is -0.193. The molecule has 0 saturated heterocycles. The Hall–Kier alpha value is -1.77. The Bertz CT molecular complexity index is 571. The molecule has 0 radical (unpaired) electrons. The molecule has 1 aliphatic rings. The average molecular weight is 229 g/mol. The lowest BCUT2D eigenvalue weighted by atomic mass is 9.95. The van der Waals surface area contributed by atoms with Crippen LogP contribution in [0.15, 0.2) is 30.5 Å². The molecular formula is C14H15NO2. The molecule has 88 valence electrons. The van der Waals surface area contributed by atoms with Crippen LogP contribution in [-0.4, -0.2) is 17.1 Å². The van der Waals surface area contributed by atoms with Crippen molar-refractivity contribution < 1.29 is 9.53 Å². The summed E-state index contributed by atoms with van der Waals surface area (Å²) in [5, 5.41) is 1.30. The van der Waals surface area contributed by atoms with E-state index in [0.29, 0.717) is 12.5 Å². The van der Waals surface area contributed by atoms with Crippen molar-refractivity contribution in [2.75, 3.05) is 6.61 Å². The highest BCUT2D eigenvalue weighted by molar-refractivity contribution is 5.83. The standard InChI is InChI=1S/C14H15NO2/c1-10(16)17-9-11-7-13-4-2-3-12-5-6-15(8-11)14(12)13/h2-6,11H,7-9H2,1H3. The first-order valence-corrected chi connectivity index (χ1v) is 5.94. The van der Waals surface area contributed by atoms with Gasteiger partial charge < -0.3 is 9.30 Å². The van der Waals surface area contributed by atoms with Crippen LogP contribution in [0.4, 0.5) is 0 Å². The minimum absolute atomic E-state index is 0.193. The third-order valence-electron chi connectivity index (χ3n) is 3.36. The number of ether oxygens (including phenoxy) is 1. The Balaban J connectivity index is 1.88. The second-order valence-electron chi connectivity index (χ2n) is 4.70. The summed E-state index contributed by atoms with van der Waals surface area (Å²) in [6, 6.07) is 8.55. The van der Waals surface area contributed by atoms with Gasteiger partial charge in [0.2, 0.25) is 0 Å². The second-order valence-corrected chi connectivity index (χ2v) is 4.70. The van der Waals surface area contributed by atoms with E-state index in [4.69, 9.17) is 4.74 Å². The number of rotatable bonds is 2. The van der Waals surface area contributed by atoms with E-state index in [9.17, 15) is 4.79 Å². The molecule has 2 heterocycles. The SMILES string of the molecule is CC(=O)OCC1Cc2cccc3ccn(c23)C1. The maximum atomic E-state index is 10.8. The maximum Gasteiger partial charge on any atom is 0.302 e. The number of benzene rings is 1. The first kappa shape index (κ1) is 10.4. The van der Waals surface area contributed by atoms with Gasteiger partial charge in [0.25, 0.3) is 0 Å². The predicted octanol–water partition coefficient (Wildman–Crippen LogP) is 2.38. The van der Waals surface area contributed by atoms with E-state index in [1.807, 2.05) is 0 Å². The molecule has 1 aliphatic heterocycles. The van der Waals surface area contributed by atoms with Crippen LogP contribution in [0.2, 0.25) is 0 Å². The number of nitrogens with zero attached hydrogens (tertiary/aromatic N) is 1. The molecule has 0 fully saturated rings. The molecule has 3 heteroatoms. The van der Waals surface area contributed by atoms with Gasteiger partial charge in [0, 0.05) is 25.6 Å². The summed E-state index contributed by atoms with van der Waals surface area (Å²) in [4.78, 5) is 10.8. The fourth-order valence-electron chi connectivity index (χ4n) is 2.66. The summed E-state index contributed by atoms with van der Waals surface area (Å²) in [5.41, 5.74) is 2.70. The molecule has 0 saturated carbocycles. The predicted molar refractivity (Wildman–Crippen MR) is 65.8 cm³/mol. The Kier molecular flexibility index (Phi) is 2.39. The third kappa shape index (κ3) is 1.82. The van der Waals surface area contributed by atoms with Gasteiger partial charge in [-0.15, -0.1) is 0 Å². The minimum Gasteiger partial charge on any atom is -0.465 e. The highest BCUT2D eigenvalue weighted by Crippen LogP contribution is 2.28. The fourth-order valence-corrected chi connectivity index (χ4v) is 2.66. The van der Waals surface area contributed by atoms with E-state index in [1.165, 1.54) is 23.4 Å². The van der Waals surface area contributed by atoms with Crippen molar-refractivity contribution in [2.24, 2.45) is 5.92 Å². The molecule has 1 aromatic heterocycles. The average Bonchev–Trinajstić information content (AvgIpc) is 2.72. The molecule has 1 unspecified atom stereocenters. The summed E-state index contributed by atoms with van der Waals surface area (Å²) >= 11 is 0. The molecule has 2 aromatic rings. The van der Waals surface area contributed by atoms with Crippen molar-refractivity contribution in [3.8, 4) is 0 Å². The highest BCUT2D eigenvalue weighted by Gasteiger charge is 2.20. The molecule has 0 amide bonds. The van der Waals surface area contributed by atoms with Crippen LogP contribution in [0.1, 0.15) is 12.5 Å². The quantitative estimate of drug-likeness (QED) is 0.740. The van der Waals surface area contributed by atoms with E-state index >= 15 is 0 Å². The van der Waals surface area contributed by atoms with Crippen LogP contribution < -0.4 is 0 Å². The molecule has 17 heavy (non-hydrogen) atoms. The highest BCUT2D eigenvalue weighted by atomic mass is 16.5. The van der Waals surface area contributed by atoms with Crippen molar-refractivity contribution >= 4 is 16.9 Å². The first-order valence-electron chi connectivity index (χ1n) is 5.94. The van der Waals surface area contributed by atoms with Gasteiger partial charge in [-0.05, 0) is 23.4 Å². The normalized spacial score (nSPS) is 18.3. The summed E-state index contributed by atoms with van der Waals surface area (Å²) in [6.45, 7) is 2.92. The molecule has 0 N–H and O–H groups in total. The van der Waals surface area contributed by atoms with Crippen LogP contribution in [0.3, 0.4) is 0 Å². The number of carbonyl (C=O) groups excluding carboxylic acids is 1. The van der Waals surface area contributed by atoms with Gasteiger partial charge in [0.1, 0.15) is 0 Å². The van der Waals surface area contributed by atoms with Crippen molar-refractivity contribution in [1.29, 1.82) is 0 Å². The monoisotopic (exact) mass is 229 g/mol. The van der Waals surface area contributed by atoms with Crippen molar-refractivity contribution in [1.82, 2.24) is 4.57 Å². The number of aromatic nitrogens is 1. The number of hydrogen-bond donors (Lipinski definition) is 0. The van der Waals surface area contributed by atoms with Gasteiger partial charge in [0.05, 0.1) is 12.1 Å². The van der Waals surface area contributed by atoms with Gasteiger partial charge in [-0.2, -0.15) is 0 Å². The molecule has 1 atom stereocenters. The molecule has 0 aliphatic carbocycles. The van der Waals surface area contributed by atoms with Crippen LogP contribution in [0.5, 0.6) is 0 Å². The van der Waals surface area contributed by atoms with E-state index in [-0.39, 0.29) is 5.97 Å². The Morgan fingerprint density at radius 2 is 2.35 bits per heavy atom. The largest absolute Gasteiger partial charge is 0.465 e. The van der Waals surface area contributed by atoms with E-state index in [1.54, 1.807) is 0 Å². The zero-order valence-corrected chi connectivity index (χ0v) is 9.85. The second kappa shape index (κ2) is 3.91. The molecular weight excluding hydrogens is 214 g/mol. The molecule has 3 rings (SSSR count). The lowest BCUT2D eigenvalue weighted by molar-refractivity contribution is -0.142. The number of para-hydroxylation sites is 1. The van der Waals surface area contributed by atoms with Crippen molar-refractivity contribution in [3.63, 3.8) is 0 Å². The number of hydrogen-bond acceptors (Lipinski definition) is 2. The lowest BCUT2D eigenvalue weighted by Crippen LogP contribution is -2.24. The summed E-state index contributed by atoms with van der Waals surface area (Å²) < 4.78 is 7.38. The van der Waals surface area contributed by atoms with Crippen LogP contribution in [-0.2, 0) is 22.5 Å². The smallest absolute Gasteiger partial charge is 0.302 e. The molecule has 3 nitrogen and oxygen atoms in total. The van der Waals surface area contributed by atoms with Gasteiger partial charge in [-0.3, -0.25) is 4.79 Å². The lowest BCUT2D eigenvalue weighted by Gasteiger charge is -2.24. The summed E-state index contributed by atoms with van der Waals surface area (Å²) in [7, 11) is 0. The van der Waals surface area contributed by atoms with Crippen molar-refractivity contribution in [3.05, 3.63) is 36.0 Å². The van der Waals surface area contributed by atoms with Gasteiger partial charge in [0.15, 0.2) is 0 Å². The van der Waals surface area contributed by atoms with Crippen LogP contribution >= 0.6 is 0 Å². The maximum absolute atomic E-state index is 10.8. The van der Waals surface area contributed by atoms with Gasteiger partial charge in [-0.25, -0.2) is 0 Å². The van der Waals surface area contributed by atoms with E-state index in [0.717, 1.165) is 13.0 Å². The van der Waals surface area contributed by atoms with Crippen LogP contribution in [0.25, 0.3) is 10.9 Å². The summed E-state index contributed by atoms with van der Waals surface area (Å²) in [6.07, 6.45) is 3.11. The van der Waals surface area contributed by atoms with E-state index in [2.05, 4.69) is 35.0 Å². The topological polar surface area (TPSA) is 31.2 Å². The van der Waals surface area contributed by atoms with Crippen molar-refractivity contribution in [2.45, 2.75) is 19.9 Å². The first-order chi connectivity index (χ1) is 8.24. The number of esters is 1. The molecule has 0 bridgehead atoms. The zero-order valence-electron chi connectivity index (χ0n) is 9.85. The Morgan fingerprint density at radius 3 is 3.18 bits per heavy atom. The van der Waals surface area contributed by atoms with Gasteiger partial charge in [-0.1, -0.05) is 18.2 Å². The number of carbonyl (C=O) groups is 1. The third-order valence-corrected chi connectivity index (χ3v) is 3.36. The summed E-state index contributed by atoms with van der Waals surface area (Å²) in [5.74, 6) is 0.200. The molecule has 0 spiro atoms. The van der Waals surface area contributed by atoms with Gasteiger partial charge >= 0.3 is 5.97 Å². The Labute approximate surface area is 100.0 Å². The van der Waals surface area contributed by atoms with Crippen LogP contribution in [0, 0.1) is 5.92 Å².